The van der Waals surface area contributed by atoms with Crippen LogP contribution in [0.3, 0.4) is 0 Å². The van der Waals surface area contributed by atoms with Crippen LogP contribution < -0.4 is 5.32 Å². The molecular formula is C20H19ClN6O3S. The molecule has 4 aromatic rings. The summed E-state index contributed by atoms with van der Waals surface area (Å²) >= 11 is 6.18. The number of pyridine rings is 1. The third-order valence-corrected chi connectivity index (χ3v) is 6.71. The lowest BCUT2D eigenvalue weighted by atomic mass is 10.1. The number of carbonyl (C=O) groups excluding carboxylic acids is 1. The van der Waals surface area contributed by atoms with Gasteiger partial charge in [0, 0.05) is 41.9 Å². The minimum atomic E-state index is -3.53. The predicted molar refractivity (Wildman–Crippen MR) is 116 cm³/mol. The Bertz CT molecular complexity index is 1440. The first kappa shape index (κ1) is 20.0. The predicted octanol–water partition coefficient (Wildman–Crippen LogP) is 2.34. The second-order valence-electron chi connectivity index (χ2n) is 7.66. The van der Waals surface area contributed by atoms with Crippen LogP contribution >= 0.6 is 11.6 Å². The van der Waals surface area contributed by atoms with E-state index in [0.29, 0.717) is 40.2 Å². The van der Waals surface area contributed by atoms with Gasteiger partial charge in [-0.05, 0) is 30.7 Å². The van der Waals surface area contributed by atoms with Gasteiger partial charge in [-0.1, -0.05) is 11.6 Å². The number of piperidine rings is 1. The van der Waals surface area contributed by atoms with Gasteiger partial charge in [-0.25, -0.2) is 13.4 Å². The van der Waals surface area contributed by atoms with Gasteiger partial charge in [-0.2, -0.15) is 5.10 Å². The molecule has 1 fully saturated rings. The standard InChI is InChI=1S/C20H19ClN6O3S/c1-31(29,30)20-14-5-6-22-10-17(14)26(25-20)11-18-24-15-8-12(21)2-3-16(15)27(18)13-4-7-23-19(28)9-13/h2-3,5-6,8,10,13H,4,7,9,11H2,1H3,(H,23,28). The second kappa shape index (κ2) is 7.31. The SMILES string of the molecule is CS(=O)(=O)c1nn(Cc2nc3cc(Cl)ccc3n2C2CCNC(=O)C2)c2cnccc12. The fourth-order valence-electron chi connectivity index (χ4n) is 4.15. The summed E-state index contributed by atoms with van der Waals surface area (Å²) in [7, 11) is -3.53. The largest absolute Gasteiger partial charge is 0.356 e. The number of sulfone groups is 1. The van der Waals surface area contributed by atoms with E-state index in [1.165, 1.54) is 0 Å². The molecule has 1 saturated heterocycles. The van der Waals surface area contributed by atoms with Crippen molar-refractivity contribution in [2.75, 3.05) is 12.8 Å². The number of amides is 1. The van der Waals surface area contributed by atoms with E-state index >= 15 is 0 Å². The maximum absolute atomic E-state index is 12.3. The van der Waals surface area contributed by atoms with Gasteiger partial charge in [0.05, 0.1) is 29.3 Å². The number of carbonyl (C=O) groups is 1. The summed E-state index contributed by atoms with van der Waals surface area (Å²) in [4.78, 5) is 21.0. The van der Waals surface area contributed by atoms with Gasteiger partial charge in [0.15, 0.2) is 14.9 Å². The third kappa shape index (κ3) is 3.55. The molecule has 0 spiro atoms. The molecule has 0 saturated carbocycles. The highest BCUT2D eigenvalue weighted by atomic mass is 35.5. The van der Waals surface area contributed by atoms with E-state index in [-0.39, 0.29) is 23.5 Å². The first-order valence-corrected chi connectivity index (χ1v) is 12.0. The van der Waals surface area contributed by atoms with E-state index in [0.717, 1.165) is 18.2 Å². The molecule has 1 unspecified atom stereocenters. The Labute approximate surface area is 183 Å². The van der Waals surface area contributed by atoms with Crippen LogP contribution in [0.15, 0.2) is 41.7 Å². The maximum Gasteiger partial charge on any atom is 0.222 e. The van der Waals surface area contributed by atoms with Crippen LogP contribution in [-0.4, -0.2) is 51.4 Å². The lowest BCUT2D eigenvalue weighted by Crippen LogP contribution is -2.35. The van der Waals surface area contributed by atoms with Gasteiger partial charge in [0.2, 0.25) is 5.91 Å². The van der Waals surface area contributed by atoms with Gasteiger partial charge in [0.25, 0.3) is 0 Å². The smallest absolute Gasteiger partial charge is 0.222 e. The molecule has 1 atom stereocenters. The van der Waals surface area contributed by atoms with Crippen molar-refractivity contribution in [3.63, 3.8) is 0 Å². The number of rotatable bonds is 4. The highest BCUT2D eigenvalue weighted by Crippen LogP contribution is 2.30. The van der Waals surface area contributed by atoms with E-state index in [1.54, 1.807) is 35.3 Å². The first-order chi connectivity index (χ1) is 14.8. The Balaban J connectivity index is 1.68. The van der Waals surface area contributed by atoms with Crippen molar-refractivity contribution in [1.82, 2.24) is 29.6 Å². The van der Waals surface area contributed by atoms with E-state index < -0.39 is 9.84 Å². The van der Waals surface area contributed by atoms with Crippen LogP contribution in [0.1, 0.15) is 24.7 Å². The van der Waals surface area contributed by atoms with Crippen molar-refractivity contribution in [3.05, 3.63) is 47.5 Å². The molecule has 0 bridgehead atoms. The van der Waals surface area contributed by atoms with Crippen molar-refractivity contribution in [1.29, 1.82) is 0 Å². The molecule has 0 radical (unpaired) electrons. The average molecular weight is 459 g/mol. The number of halogens is 1. The minimum absolute atomic E-state index is 0.00708. The minimum Gasteiger partial charge on any atom is -0.356 e. The number of aromatic nitrogens is 5. The Morgan fingerprint density at radius 3 is 2.87 bits per heavy atom. The molecule has 31 heavy (non-hydrogen) atoms. The second-order valence-corrected chi connectivity index (χ2v) is 10.0. The highest BCUT2D eigenvalue weighted by Gasteiger charge is 2.26. The van der Waals surface area contributed by atoms with Gasteiger partial charge >= 0.3 is 0 Å². The summed E-state index contributed by atoms with van der Waals surface area (Å²) in [6.45, 7) is 0.811. The van der Waals surface area contributed by atoms with Crippen LogP contribution in [-0.2, 0) is 21.2 Å². The number of nitrogens with zero attached hydrogens (tertiary/aromatic N) is 5. The Kier molecular flexibility index (Phi) is 4.71. The Morgan fingerprint density at radius 1 is 1.26 bits per heavy atom. The number of fused-ring (bicyclic) bond motifs is 2. The Morgan fingerprint density at radius 2 is 2.10 bits per heavy atom. The van der Waals surface area contributed by atoms with Gasteiger partial charge in [-0.3, -0.25) is 14.5 Å². The van der Waals surface area contributed by atoms with E-state index in [2.05, 4.69) is 20.0 Å². The van der Waals surface area contributed by atoms with E-state index in [4.69, 9.17) is 16.6 Å². The molecule has 1 aromatic carbocycles. The topological polar surface area (TPSA) is 112 Å². The monoisotopic (exact) mass is 458 g/mol. The maximum atomic E-state index is 12.3. The zero-order valence-corrected chi connectivity index (χ0v) is 18.2. The van der Waals surface area contributed by atoms with Crippen molar-refractivity contribution in [2.24, 2.45) is 0 Å². The van der Waals surface area contributed by atoms with Crippen LogP contribution in [0.4, 0.5) is 0 Å². The van der Waals surface area contributed by atoms with Crippen LogP contribution in [0.25, 0.3) is 21.9 Å². The van der Waals surface area contributed by atoms with Crippen molar-refractivity contribution in [3.8, 4) is 0 Å². The molecule has 1 N–H and O–H groups in total. The van der Waals surface area contributed by atoms with Crippen molar-refractivity contribution >= 4 is 49.3 Å². The molecule has 1 aliphatic rings. The number of imidazole rings is 1. The molecular weight excluding hydrogens is 440 g/mol. The van der Waals surface area contributed by atoms with Gasteiger partial charge in [0.1, 0.15) is 5.82 Å². The third-order valence-electron chi connectivity index (χ3n) is 5.47. The van der Waals surface area contributed by atoms with Crippen molar-refractivity contribution in [2.45, 2.75) is 30.5 Å². The number of hydrogen-bond donors (Lipinski definition) is 1. The van der Waals surface area contributed by atoms with E-state index in [1.807, 2.05) is 6.07 Å². The van der Waals surface area contributed by atoms with Crippen LogP contribution in [0.2, 0.25) is 5.02 Å². The normalized spacial score (nSPS) is 17.4. The van der Waals surface area contributed by atoms with Gasteiger partial charge in [-0.15, -0.1) is 0 Å². The molecule has 3 aromatic heterocycles. The summed E-state index contributed by atoms with van der Waals surface area (Å²) in [5, 5.41) is 8.32. The zero-order chi connectivity index (χ0) is 21.8. The van der Waals surface area contributed by atoms with E-state index in [9.17, 15) is 13.2 Å². The molecule has 5 rings (SSSR count). The molecule has 160 valence electrons. The molecule has 0 aliphatic carbocycles. The molecule has 11 heteroatoms. The van der Waals surface area contributed by atoms with Crippen LogP contribution in [0, 0.1) is 0 Å². The first-order valence-electron chi connectivity index (χ1n) is 9.75. The summed E-state index contributed by atoms with van der Waals surface area (Å²) in [6, 6.07) is 7.05. The lowest BCUT2D eigenvalue weighted by Gasteiger charge is -2.25. The summed E-state index contributed by atoms with van der Waals surface area (Å²) < 4.78 is 28.2. The number of benzene rings is 1. The summed E-state index contributed by atoms with van der Waals surface area (Å²) in [5.41, 5.74) is 2.18. The zero-order valence-electron chi connectivity index (χ0n) is 16.6. The highest BCUT2D eigenvalue weighted by molar-refractivity contribution is 7.90. The quantitative estimate of drug-likeness (QED) is 0.502. The summed E-state index contributed by atoms with van der Waals surface area (Å²) in [5.74, 6) is 0.663. The number of nitrogens with one attached hydrogen (secondary N) is 1. The van der Waals surface area contributed by atoms with Crippen molar-refractivity contribution < 1.29 is 13.2 Å². The lowest BCUT2D eigenvalue weighted by molar-refractivity contribution is -0.123. The Hall–Kier alpha value is -2.98. The fraction of sp³-hybridized carbons (Fsp3) is 0.300. The molecule has 9 nitrogen and oxygen atoms in total. The van der Waals surface area contributed by atoms with Gasteiger partial charge < -0.3 is 9.88 Å². The van der Waals surface area contributed by atoms with Crippen LogP contribution in [0.5, 0.6) is 0 Å². The fourth-order valence-corrected chi connectivity index (χ4v) is 5.13. The molecule has 4 heterocycles. The molecule has 1 amide bonds. The number of hydrogen-bond acceptors (Lipinski definition) is 6. The average Bonchev–Trinajstić information content (AvgIpc) is 3.26. The molecule has 1 aliphatic heterocycles. The summed E-state index contributed by atoms with van der Waals surface area (Å²) in [6.07, 6.45) is 5.38.